The van der Waals surface area contributed by atoms with Gasteiger partial charge in [-0.2, -0.15) is 9.49 Å². The number of carbonyl (C=O) groups is 4. The van der Waals surface area contributed by atoms with Gasteiger partial charge in [-0.1, -0.05) is 18.9 Å². The second-order valence-corrected chi connectivity index (χ2v) is 17.4. The van der Waals surface area contributed by atoms with Crippen LogP contribution in [0.2, 0.25) is 0 Å². The van der Waals surface area contributed by atoms with Gasteiger partial charge >= 0.3 is 6.03 Å². The Bertz CT molecular complexity index is 2310. The lowest BCUT2D eigenvalue weighted by atomic mass is 9.86. The number of unbranched alkanes of at least 4 members (excludes halogenated alkanes) is 1. The predicted octanol–water partition coefficient (Wildman–Crippen LogP) is 6.92. The van der Waals surface area contributed by atoms with E-state index < -0.39 is 40.7 Å². The molecule has 5 amide bonds. The number of likely N-dealkylation sites (tertiary alicyclic amines) is 1. The summed E-state index contributed by atoms with van der Waals surface area (Å²) in [6.07, 6.45) is 11.1. The molecule has 0 atom stereocenters. The van der Waals surface area contributed by atoms with Crippen LogP contribution in [0.4, 0.5) is 29.3 Å². The van der Waals surface area contributed by atoms with Crippen molar-refractivity contribution in [2.24, 2.45) is 11.8 Å². The minimum absolute atomic E-state index is 0.0127. The number of piperazine rings is 1. The maximum atomic E-state index is 14.1. The second-order valence-electron chi connectivity index (χ2n) is 17.4. The minimum atomic E-state index is -1.77. The van der Waals surface area contributed by atoms with E-state index in [0.717, 1.165) is 107 Å². The summed E-state index contributed by atoms with van der Waals surface area (Å²) in [6.45, 7) is 8.93. The number of aromatic nitrogens is 2. The fourth-order valence-corrected chi connectivity index (χ4v) is 9.54. The zero-order valence-corrected chi connectivity index (χ0v) is 35.2. The number of urea groups is 1. The van der Waals surface area contributed by atoms with Crippen molar-refractivity contribution in [1.29, 1.82) is 0 Å². The molecule has 3 aliphatic heterocycles. The van der Waals surface area contributed by atoms with Crippen molar-refractivity contribution in [3.05, 3.63) is 82.8 Å². The number of aromatic hydroxyl groups is 1. The Labute approximate surface area is 359 Å². The summed E-state index contributed by atoms with van der Waals surface area (Å²) >= 11 is 0. The highest BCUT2D eigenvalue weighted by Crippen LogP contribution is 2.34. The summed E-state index contributed by atoms with van der Waals surface area (Å²) in [6, 6.07) is 12.2. The zero-order valence-electron chi connectivity index (χ0n) is 35.2. The molecule has 1 aliphatic carbocycles. The number of halogens is 3. The number of fused-ring (bicyclic) bond motifs is 1. The van der Waals surface area contributed by atoms with Gasteiger partial charge in [0.15, 0.2) is 17.4 Å². The first-order valence-electron chi connectivity index (χ1n) is 22.0. The summed E-state index contributed by atoms with van der Waals surface area (Å²) in [5, 5.41) is 20.2. The number of anilines is 2. The van der Waals surface area contributed by atoms with Crippen LogP contribution in [0, 0.1) is 36.2 Å². The van der Waals surface area contributed by atoms with Crippen LogP contribution in [-0.2, 0) is 4.79 Å². The van der Waals surface area contributed by atoms with Crippen LogP contribution in [-0.4, -0.2) is 107 Å². The normalized spacial score (nSPS) is 20.5. The van der Waals surface area contributed by atoms with Gasteiger partial charge in [-0.3, -0.25) is 34.2 Å². The topological polar surface area (TPSA) is 143 Å². The summed E-state index contributed by atoms with van der Waals surface area (Å²) < 4.78 is 43.7. The van der Waals surface area contributed by atoms with Gasteiger partial charge in [0.2, 0.25) is 11.7 Å². The molecule has 4 aromatic rings. The number of hydrogen-bond donors (Lipinski definition) is 3. The molecule has 16 heteroatoms. The van der Waals surface area contributed by atoms with E-state index in [0.29, 0.717) is 29.8 Å². The predicted molar refractivity (Wildman–Crippen MR) is 229 cm³/mol. The number of benzene rings is 3. The lowest BCUT2D eigenvalue weighted by Gasteiger charge is -2.36. The molecular weight excluding hydrogens is 802 g/mol. The molecule has 330 valence electrons. The number of piperidine rings is 1. The third-order valence-electron chi connectivity index (χ3n) is 13.4. The monoisotopic (exact) mass is 856 g/mol. The van der Waals surface area contributed by atoms with Gasteiger partial charge in [0.1, 0.15) is 0 Å². The molecule has 8 rings (SSSR count). The minimum Gasteiger partial charge on any atom is -0.503 e. The van der Waals surface area contributed by atoms with Crippen LogP contribution < -0.4 is 20.4 Å². The van der Waals surface area contributed by atoms with E-state index >= 15 is 0 Å². The molecule has 1 saturated carbocycles. The van der Waals surface area contributed by atoms with E-state index in [4.69, 9.17) is 5.10 Å². The molecule has 3 N–H and O–H groups in total. The van der Waals surface area contributed by atoms with Crippen LogP contribution >= 0.6 is 0 Å². The van der Waals surface area contributed by atoms with Gasteiger partial charge in [-0.05, 0) is 112 Å². The molecule has 3 saturated heterocycles. The highest BCUT2D eigenvalue weighted by Gasteiger charge is 2.30. The molecule has 1 aromatic heterocycles. The average molecular weight is 857 g/mol. The van der Waals surface area contributed by atoms with Gasteiger partial charge < -0.3 is 20.2 Å². The van der Waals surface area contributed by atoms with Crippen LogP contribution in [0.1, 0.15) is 96.5 Å². The number of phenols is 1. The Morgan fingerprint density at radius 3 is 2.35 bits per heavy atom. The van der Waals surface area contributed by atoms with E-state index in [1.54, 1.807) is 6.07 Å². The molecule has 3 aromatic carbocycles. The van der Waals surface area contributed by atoms with E-state index in [9.17, 15) is 37.5 Å². The molecule has 0 unspecified atom stereocenters. The van der Waals surface area contributed by atoms with Gasteiger partial charge in [0.05, 0.1) is 17.1 Å². The smallest absolute Gasteiger partial charge is 0.328 e. The first-order valence-corrected chi connectivity index (χ1v) is 22.0. The third-order valence-corrected chi connectivity index (χ3v) is 13.4. The van der Waals surface area contributed by atoms with Crippen molar-refractivity contribution in [1.82, 2.24) is 30.2 Å². The Kier molecular flexibility index (Phi) is 13.0. The maximum absolute atomic E-state index is 14.1. The first-order chi connectivity index (χ1) is 29.9. The molecule has 0 bridgehead atoms. The molecular formula is C46H55F3N8O5. The lowest BCUT2D eigenvalue weighted by Crippen LogP contribution is -2.49. The number of rotatable bonds is 12. The summed E-state index contributed by atoms with van der Waals surface area (Å²) in [4.78, 5) is 58.5. The van der Waals surface area contributed by atoms with Crippen molar-refractivity contribution in [3.8, 4) is 5.75 Å². The van der Waals surface area contributed by atoms with E-state index in [2.05, 4.69) is 44.8 Å². The molecule has 4 aliphatic rings. The highest BCUT2D eigenvalue weighted by molar-refractivity contribution is 6.06. The maximum Gasteiger partial charge on any atom is 0.328 e. The van der Waals surface area contributed by atoms with Gasteiger partial charge in [-0.25, -0.2) is 13.6 Å². The molecule has 0 spiro atoms. The Hall–Kier alpha value is -5.64. The quantitative estimate of drug-likeness (QED) is 0.103. The fraction of sp³-hybridized carbons (Fsp3) is 0.500. The number of nitrogens with one attached hydrogen (secondary N) is 2. The molecule has 4 fully saturated rings. The molecule has 4 heterocycles. The third kappa shape index (κ3) is 9.54. The number of carbonyl (C=O) groups excluding carboxylic acids is 4. The highest BCUT2D eigenvalue weighted by atomic mass is 19.2. The van der Waals surface area contributed by atoms with Crippen molar-refractivity contribution in [2.75, 3.05) is 68.7 Å². The van der Waals surface area contributed by atoms with Crippen molar-refractivity contribution in [3.63, 3.8) is 0 Å². The van der Waals surface area contributed by atoms with Crippen molar-refractivity contribution < 1.29 is 37.5 Å². The molecule has 0 radical (unpaired) electrons. The fourth-order valence-electron chi connectivity index (χ4n) is 9.54. The summed E-state index contributed by atoms with van der Waals surface area (Å²) in [5.74, 6) is -6.64. The largest absolute Gasteiger partial charge is 0.503 e. The van der Waals surface area contributed by atoms with E-state index in [1.165, 1.54) is 23.4 Å². The molecule has 13 nitrogen and oxygen atoms in total. The summed E-state index contributed by atoms with van der Waals surface area (Å²) in [5.41, 5.74) is 3.47. The van der Waals surface area contributed by atoms with E-state index in [-0.39, 0.29) is 36.7 Å². The standard InChI is InChI=1S/C46H55F3N8O5/c1-29-5-8-32(24-39(29)56-19-15-40(58)51-46(56)62)45(61)55-17-13-30(14-18-55)4-2-3-16-53-20-22-54(23-21-53)35-12-9-33-28-57(52-38(33)25-35)34-10-6-31(7-11-34)27-50-44(60)36-26-37(47)43(59)42(49)41(36)48/h5,8-9,12,24-26,28,30-31,34,59H,2-4,6-7,10-11,13-23,27H2,1H3,(H,50,60)(H,51,58,62). The van der Waals surface area contributed by atoms with Gasteiger partial charge in [0.25, 0.3) is 11.8 Å². The zero-order chi connectivity index (χ0) is 43.5. The van der Waals surface area contributed by atoms with Crippen LogP contribution in [0.5, 0.6) is 5.75 Å². The summed E-state index contributed by atoms with van der Waals surface area (Å²) in [7, 11) is 0. The SMILES string of the molecule is Cc1ccc(C(=O)N2CCC(CCCCN3CCN(c4ccc5cn(C6CCC(CNC(=O)c7cc(F)c(O)c(F)c7F)CC6)nc5c4)CC3)CC2)cc1N1CCC(=O)NC1=O. The van der Waals surface area contributed by atoms with Crippen molar-refractivity contribution >= 4 is 46.0 Å². The van der Waals surface area contributed by atoms with Gasteiger partial charge in [-0.15, -0.1) is 0 Å². The van der Waals surface area contributed by atoms with Crippen molar-refractivity contribution in [2.45, 2.75) is 77.2 Å². The lowest BCUT2D eigenvalue weighted by molar-refractivity contribution is -0.120. The van der Waals surface area contributed by atoms with E-state index in [1.807, 2.05) is 28.6 Å². The second kappa shape index (κ2) is 18.8. The number of amides is 5. The number of aryl methyl sites for hydroxylation is 1. The number of imide groups is 1. The number of nitrogens with zero attached hydrogens (tertiary/aromatic N) is 6. The van der Waals surface area contributed by atoms with Crippen LogP contribution in [0.25, 0.3) is 10.9 Å². The Morgan fingerprint density at radius 1 is 0.855 bits per heavy atom. The Morgan fingerprint density at radius 2 is 1.61 bits per heavy atom. The van der Waals surface area contributed by atoms with Crippen LogP contribution in [0.3, 0.4) is 0 Å². The van der Waals surface area contributed by atoms with Gasteiger partial charge in [0, 0.05) is 87.3 Å². The number of hydrogen-bond acceptors (Lipinski definition) is 8. The number of phenolic OH excluding ortho intramolecular Hbond substituents is 1. The average Bonchev–Trinajstić information content (AvgIpc) is 3.72. The molecule has 62 heavy (non-hydrogen) atoms. The Balaban J connectivity index is 0.726. The van der Waals surface area contributed by atoms with Crippen LogP contribution in [0.15, 0.2) is 48.7 Å². The first kappa shape index (κ1) is 43.0.